The van der Waals surface area contributed by atoms with Crippen molar-refractivity contribution < 1.29 is 4.74 Å². The van der Waals surface area contributed by atoms with E-state index in [1.54, 1.807) is 7.11 Å². The van der Waals surface area contributed by atoms with Gasteiger partial charge in [0.1, 0.15) is 5.75 Å². The molecule has 3 rings (SSSR count). The highest BCUT2D eigenvalue weighted by Gasteiger charge is 2.06. The molecular weight excluding hydrogens is 244 g/mol. The molecule has 0 aliphatic rings. The third-order valence-corrected chi connectivity index (χ3v) is 3.73. The van der Waals surface area contributed by atoms with Crippen LogP contribution in [-0.2, 0) is 6.42 Å². The zero-order chi connectivity index (χ0) is 13.9. The molecule has 20 heavy (non-hydrogen) atoms. The average molecular weight is 262 g/mol. The van der Waals surface area contributed by atoms with Gasteiger partial charge in [0.2, 0.25) is 0 Å². The Hall–Kier alpha value is -2.28. The fourth-order valence-electron chi connectivity index (χ4n) is 2.59. The lowest BCUT2D eigenvalue weighted by atomic mass is 9.95. The normalized spacial score (nSPS) is 10.7. The maximum atomic E-state index is 5.24. The van der Waals surface area contributed by atoms with Crippen molar-refractivity contribution in [2.45, 2.75) is 13.3 Å². The van der Waals surface area contributed by atoms with Crippen LogP contribution in [0.5, 0.6) is 5.75 Å². The Labute approximate surface area is 119 Å². The van der Waals surface area contributed by atoms with Crippen LogP contribution in [0.2, 0.25) is 0 Å². The van der Waals surface area contributed by atoms with E-state index >= 15 is 0 Å². The molecular formula is C19H18O. The van der Waals surface area contributed by atoms with Gasteiger partial charge in [-0.1, -0.05) is 55.5 Å². The van der Waals surface area contributed by atoms with E-state index in [1.807, 2.05) is 12.1 Å². The largest absolute Gasteiger partial charge is 0.497 e. The van der Waals surface area contributed by atoms with Crippen LogP contribution < -0.4 is 4.74 Å². The van der Waals surface area contributed by atoms with Gasteiger partial charge in [0.15, 0.2) is 0 Å². The molecule has 0 saturated heterocycles. The van der Waals surface area contributed by atoms with Crippen molar-refractivity contribution in [2.75, 3.05) is 7.11 Å². The van der Waals surface area contributed by atoms with Crippen molar-refractivity contribution in [2.24, 2.45) is 0 Å². The molecule has 0 atom stereocenters. The number of methoxy groups -OCH3 is 1. The van der Waals surface area contributed by atoms with Gasteiger partial charge >= 0.3 is 0 Å². The van der Waals surface area contributed by atoms with Crippen LogP contribution in [0.3, 0.4) is 0 Å². The highest BCUT2D eigenvalue weighted by molar-refractivity contribution is 5.97. The first-order chi connectivity index (χ1) is 9.81. The lowest BCUT2D eigenvalue weighted by Gasteiger charge is -2.10. The molecule has 100 valence electrons. The molecule has 0 aliphatic heterocycles. The lowest BCUT2D eigenvalue weighted by Crippen LogP contribution is -1.87. The molecule has 0 N–H and O–H groups in total. The van der Waals surface area contributed by atoms with Gasteiger partial charge in [-0.3, -0.25) is 0 Å². The fourth-order valence-corrected chi connectivity index (χ4v) is 2.59. The van der Waals surface area contributed by atoms with E-state index in [2.05, 4.69) is 55.5 Å². The summed E-state index contributed by atoms with van der Waals surface area (Å²) in [7, 11) is 1.70. The number of benzene rings is 3. The number of ether oxygens (including phenoxy) is 1. The minimum atomic E-state index is 0.893. The Morgan fingerprint density at radius 1 is 0.900 bits per heavy atom. The van der Waals surface area contributed by atoms with Gasteiger partial charge in [0, 0.05) is 0 Å². The van der Waals surface area contributed by atoms with E-state index in [0.29, 0.717) is 0 Å². The molecule has 0 aliphatic carbocycles. The van der Waals surface area contributed by atoms with Gasteiger partial charge in [-0.05, 0) is 46.0 Å². The Bertz CT molecular complexity index is 726. The topological polar surface area (TPSA) is 9.23 Å². The van der Waals surface area contributed by atoms with E-state index < -0.39 is 0 Å². The summed E-state index contributed by atoms with van der Waals surface area (Å²) in [5.74, 6) is 0.893. The van der Waals surface area contributed by atoms with Crippen LogP contribution in [0.15, 0.2) is 60.7 Å². The predicted octanol–water partition coefficient (Wildman–Crippen LogP) is 5.08. The molecule has 0 heterocycles. The standard InChI is InChI=1S/C19H18O/c1-3-14-12-16-6-4-5-7-18(16)19(13-14)15-8-10-17(20-2)11-9-15/h4-13H,3H2,1-2H3. The smallest absolute Gasteiger partial charge is 0.118 e. The van der Waals surface area contributed by atoms with Crippen LogP contribution in [0.25, 0.3) is 21.9 Å². The number of hydrogen-bond donors (Lipinski definition) is 0. The van der Waals surface area contributed by atoms with E-state index in [9.17, 15) is 0 Å². The van der Waals surface area contributed by atoms with Gasteiger partial charge in [0.25, 0.3) is 0 Å². The summed E-state index contributed by atoms with van der Waals surface area (Å²) in [5, 5.41) is 2.60. The molecule has 1 nitrogen and oxygen atoms in total. The predicted molar refractivity (Wildman–Crippen MR) is 85.3 cm³/mol. The molecule has 0 amide bonds. The van der Waals surface area contributed by atoms with E-state index in [0.717, 1.165) is 12.2 Å². The summed E-state index contributed by atoms with van der Waals surface area (Å²) >= 11 is 0. The van der Waals surface area contributed by atoms with Crippen molar-refractivity contribution in [1.82, 2.24) is 0 Å². The molecule has 0 radical (unpaired) electrons. The molecule has 0 bridgehead atoms. The first-order valence-electron chi connectivity index (χ1n) is 6.98. The third-order valence-electron chi connectivity index (χ3n) is 3.73. The average Bonchev–Trinajstić information content (AvgIpc) is 2.54. The maximum Gasteiger partial charge on any atom is 0.118 e. The third kappa shape index (κ3) is 2.27. The second kappa shape index (κ2) is 5.38. The van der Waals surface area contributed by atoms with Crippen molar-refractivity contribution in [1.29, 1.82) is 0 Å². The molecule has 0 fully saturated rings. The quantitative estimate of drug-likeness (QED) is 0.639. The van der Waals surface area contributed by atoms with Crippen molar-refractivity contribution in [3.8, 4) is 16.9 Å². The number of hydrogen-bond acceptors (Lipinski definition) is 1. The molecule has 3 aromatic rings. The van der Waals surface area contributed by atoms with Crippen molar-refractivity contribution in [3.05, 3.63) is 66.2 Å². The van der Waals surface area contributed by atoms with Gasteiger partial charge < -0.3 is 4.74 Å². The molecule has 0 spiro atoms. The van der Waals surface area contributed by atoms with Crippen LogP contribution in [-0.4, -0.2) is 7.11 Å². The van der Waals surface area contributed by atoms with Gasteiger partial charge in [-0.15, -0.1) is 0 Å². The second-order valence-corrected chi connectivity index (χ2v) is 4.95. The Kier molecular flexibility index (Phi) is 3.42. The summed E-state index contributed by atoms with van der Waals surface area (Å²) in [6.07, 6.45) is 1.05. The minimum Gasteiger partial charge on any atom is -0.497 e. The molecule has 1 heteroatoms. The van der Waals surface area contributed by atoms with Crippen molar-refractivity contribution >= 4 is 10.8 Å². The monoisotopic (exact) mass is 262 g/mol. The fraction of sp³-hybridized carbons (Fsp3) is 0.158. The van der Waals surface area contributed by atoms with E-state index in [-0.39, 0.29) is 0 Å². The van der Waals surface area contributed by atoms with Crippen LogP contribution >= 0.6 is 0 Å². The van der Waals surface area contributed by atoms with E-state index in [4.69, 9.17) is 4.74 Å². The molecule has 3 aromatic carbocycles. The second-order valence-electron chi connectivity index (χ2n) is 4.95. The zero-order valence-corrected chi connectivity index (χ0v) is 11.9. The highest BCUT2D eigenvalue weighted by Crippen LogP contribution is 2.31. The summed E-state index contributed by atoms with van der Waals surface area (Å²) in [6, 6.07) is 21.4. The number of aryl methyl sites for hydroxylation is 1. The first kappa shape index (κ1) is 12.7. The first-order valence-corrected chi connectivity index (χ1v) is 6.98. The SMILES string of the molecule is CCc1cc(-c2ccc(OC)cc2)c2ccccc2c1. The minimum absolute atomic E-state index is 0.893. The highest BCUT2D eigenvalue weighted by atomic mass is 16.5. The van der Waals surface area contributed by atoms with Crippen LogP contribution in [0.4, 0.5) is 0 Å². The van der Waals surface area contributed by atoms with Crippen LogP contribution in [0, 0.1) is 0 Å². The zero-order valence-electron chi connectivity index (χ0n) is 11.9. The Balaban J connectivity index is 2.22. The summed E-state index contributed by atoms with van der Waals surface area (Å²) in [6.45, 7) is 2.20. The van der Waals surface area contributed by atoms with Gasteiger partial charge in [0.05, 0.1) is 7.11 Å². The summed E-state index contributed by atoms with van der Waals surface area (Å²) in [5.41, 5.74) is 3.90. The molecule has 0 unspecified atom stereocenters. The molecule has 0 saturated carbocycles. The van der Waals surface area contributed by atoms with Crippen LogP contribution in [0.1, 0.15) is 12.5 Å². The number of rotatable bonds is 3. The van der Waals surface area contributed by atoms with E-state index in [1.165, 1.54) is 27.5 Å². The number of fused-ring (bicyclic) bond motifs is 1. The Morgan fingerprint density at radius 3 is 2.35 bits per heavy atom. The summed E-state index contributed by atoms with van der Waals surface area (Å²) in [4.78, 5) is 0. The Morgan fingerprint density at radius 2 is 1.65 bits per heavy atom. The maximum absolute atomic E-state index is 5.24. The van der Waals surface area contributed by atoms with Gasteiger partial charge in [-0.2, -0.15) is 0 Å². The van der Waals surface area contributed by atoms with Crippen molar-refractivity contribution in [3.63, 3.8) is 0 Å². The summed E-state index contributed by atoms with van der Waals surface area (Å²) < 4.78 is 5.24. The lowest BCUT2D eigenvalue weighted by molar-refractivity contribution is 0.415. The molecule has 0 aromatic heterocycles. The van der Waals surface area contributed by atoms with Gasteiger partial charge in [-0.25, -0.2) is 0 Å².